The molecule has 2 aromatic carbocycles. The fraction of sp³-hybridized carbons (Fsp3) is 0.100. The summed E-state index contributed by atoms with van der Waals surface area (Å²) in [4.78, 5) is 16.0. The van der Waals surface area contributed by atoms with Crippen molar-refractivity contribution in [1.82, 2.24) is 4.98 Å². The van der Waals surface area contributed by atoms with Gasteiger partial charge in [0.15, 0.2) is 5.75 Å². The second-order valence-electron chi connectivity index (χ2n) is 5.98. The van der Waals surface area contributed by atoms with Gasteiger partial charge in [-0.1, -0.05) is 54.1 Å². The van der Waals surface area contributed by atoms with Crippen LogP contribution in [0.4, 0.5) is 10.5 Å². The molecule has 0 atom stereocenters. The normalized spacial score (nSPS) is 10.8. The van der Waals surface area contributed by atoms with Crippen LogP contribution in [0, 0.1) is 6.92 Å². The highest BCUT2D eigenvalue weighted by atomic mass is 35.5. The zero-order chi connectivity index (χ0) is 19.9. The second kappa shape index (κ2) is 8.96. The first-order chi connectivity index (χ1) is 13.6. The number of nitrogens with zero attached hydrogens (tertiary/aromatic N) is 2. The Morgan fingerprint density at radius 2 is 1.93 bits per heavy atom. The highest BCUT2D eigenvalue weighted by Crippen LogP contribution is 2.29. The van der Waals surface area contributed by atoms with Gasteiger partial charge in [0, 0.05) is 10.8 Å². The zero-order valence-corrected chi connectivity index (χ0v) is 15.9. The molecule has 2 amide bonds. The fourth-order valence-electron chi connectivity index (χ4n) is 2.65. The van der Waals surface area contributed by atoms with Gasteiger partial charge in [0.25, 0.3) is 0 Å². The molecule has 4 N–H and O–H groups in total. The minimum Gasteiger partial charge on any atom is -0.485 e. The maximum absolute atomic E-state index is 11.7. The predicted octanol–water partition coefficient (Wildman–Crippen LogP) is 3.23. The summed E-state index contributed by atoms with van der Waals surface area (Å²) < 4.78 is 5.96. The van der Waals surface area contributed by atoms with Crippen LogP contribution in [0.5, 0.6) is 5.75 Å². The van der Waals surface area contributed by atoms with Crippen molar-refractivity contribution >= 4 is 23.3 Å². The van der Waals surface area contributed by atoms with Gasteiger partial charge in [-0.3, -0.25) is 0 Å². The van der Waals surface area contributed by atoms with E-state index in [1.165, 1.54) is 0 Å². The first-order valence-corrected chi connectivity index (χ1v) is 8.86. The quantitative estimate of drug-likeness (QED) is 0.266. The van der Waals surface area contributed by atoms with Gasteiger partial charge in [0.05, 0.1) is 5.69 Å². The Labute approximate surface area is 167 Å². The van der Waals surface area contributed by atoms with Gasteiger partial charge in [-0.05, 0) is 36.2 Å². The van der Waals surface area contributed by atoms with Crippen LogP contribution in [0.3, 0.4) is 0 Å². The summed E-state index contributed by atoms with van der Waals surface area (Å²) in [5.41, 5.74) is 4.16. The SMILES string of the molecule is Cc1cccc(NC(=O)/[NH+]=N\N)c1OCc1ccc(-c2cccc(Cl)n2)cc1. The lowest BCUT2D eigenvalue weighted by Crippen LogP contribution is -2.73. The molecule has 0 aliphatic rings. The second-order valence-corrected chi connectivity index (χ2v) is 6.37. The van der Waals surface area contributed by atoms with Gasteiger partial charge in [0.1, 0.15) is 17.4 Å². The third kappa shape index (κ3) is 4.83. The fourth-order valence-corrected chi connectivity index (χ4v) is 2.81. The molecule has 1 aromatic heterocycles. The number of pyridine rings is 1. The van der Waals surface area contributed by atoms with Crippen molar-refractivity contribution in [2.24, 2.45) is 11.1 Å². The number of ether oxygens (including phenoxy) is 1. The van der Waals surface area contributed by atoms with E-state index in [1.807, 2.05) is 55.5 Å². The van der Waals surface area contributed by atoms with Crippen LogP contribution < -0.4 is 21.0 Å². The molecule has 0 saturated heterocycles. The van der Waals surface area contributed by atoms with Gasteiger partial charge in [0.2, 0.25) is 0 Å². The molecule has 0 radical (unpaired) electrons. The highest BCUT2D eigenvalue weighted by molar-refractivity contribution is 6.29. The number of halogens is 1. The number of amides is 2. The monoisotopic (exact) mass is 396 g/mol. The zero-order valence-electron chi connectivity index (χ0n) is 15.1. The number of urea groups is 1. The van der Waals surface area contributed by atoms with Crippen LogP contribution in [0.15, 0.2) is 65.9 Å². The summed E-state index contributed by atoms with van der Waals surface area (Å²) in [5, 5.41) is 8.33. The van der Waals surface area contributed by atoms with Crippen molar-refractivity contribution in [1.29, 1.82) is 0 Å². The third-order valence-electron chi connectivity index (χ3n) is 3.97. The lowest BCUT2D eigenvalue weighted by Gasteiger charge is -2.12. The lowest BCUT2D eigenvalue weighted by molar-refractivity contribution is -0.423. The largest absolute Gasteiger partial charge is 0.485 e. The van der Waals surface area contributed by atoms with Gasteiger partial charge in [-0.2, -0.15) is 0 Å². The van der Waals surface area contributed by atoms with Crippen LogP contribution in [-0.2, 0) is 6.61 Å². The molecule has 0 unspecified atom stereocenters. The van der Waals surface area contributed by atoms with Crippen molar-refractivity contribution in [2.45, 2.75) is 13.5 Å². The Kier molecular flexibility index (Phi) is 6.18. The van der Waals surface area contributed by atoms with E-state index in [0.717, 1.165) is 22.4 Å². The molecule has 1 heterocycles. The first kappa shape index (κ1) is 19.3. The van der Waals surface area contributed by atoms with E-state index in [0.29, 0.717) is 23.2 Å². The van der Waals surface area contributed by atoms with Gasteiger partial charge in [-0.25, -0.2) is 20.9 Å². The molecule has 3 rings (SSSR count). The number of nitrogens with one attached hydrogen (secondary N) is 2. The van der Waals surface area contributed by atoms with Crippen LogP contribution in [0.25, 0.3) is 11.3 Å². The summed E-state index contributed by atoms with van der Waals surface area (Å²) in [6.07, 6.45) is 0. The van der Waals surface area contributed by atoms with Gasteiger partial charge >= 0.3 is 6.03 Å². The number of anilines is 1. The molecule has 7 nitrogen and oxygen atoms in total. The molecule has 3 aromatic rings. The Bertz CT molecular complexity index is 1010. The lowest BCUT2D eigenvalue weighted by atomic mass is 10.1. The molecule has 0 aliphatic heterocycles. The highest BCUT2D eigenvalue weighted by Gasteiger charge is 2.13. The molecule has 28 heavy (non-hydrogen) atoms. The minimum absolute atomic E-state index is 0.339. The molecule has 0 aliphatic carbocycles. The van der Waals surface area contributed by atoms with E-state index in [2.05, 4.69) is 20.6 Å². The number of aryl methyl sites for hydroxylation is 1. The van der Waals surface area contributed by atoms with E-state index in [9.17, 15) is 4.79 Å². The molecule has 0 saturated carbocycles. The summed E-state index contributed by atoms with van der Waals surface area (Å²) in [7, 11) is 0. The number of hydrogen-bond acceptors (Lipinski definition) is 4. The van der Waals surface area contributed by atoms with Crippen LogP contribution in [0.2, 0.25) is 5.15 Å². The van der Waals surface area contributed by atoms with Gasteiger partial charge < -0.3 is 4.74 Å². The summed E-state index contributed by atoms with van der Waals surface area (Å²) >= 11 is 5.95. The number of carbonyl (C=O) groups is 1. The number of hydrogen-bond donors (Lipinski definition) is 3. The van der Waals surface area contributed by atoms with Crippen molar-refractivity contribution in [3.05, 3.63) is 76.9 Å². The van der Waals surface area contributed by atoms with E-state index in [-0.39, 0.29) is 0 Å². The smallest absolute Gasteiger partial charge is 0.457 e. The standard InChI is InChI=1S/C20H18ClN5O2/c1-13-4-2-6-17(24-20(27)25-26-22)19(13)28-12-14-8-10-15(11-9-14)16-5-3-7-18(21)23-16/h2-11H,12H2,1H3,(H3,22,24,25,27)/p+1. The predicted molar refractivity (Wildman–Crippen MR) is 107 cm³/mol. The maximum atomic E-state index is 11.7. The average molecular weight is 397 g/mol. The van der Waals surface area contributed by atoms with E-state index in [4.69, 9.17) is 22.2 Å². The number of carbonyl (C=O) groups excluding carboxylic acids is 1. The number of nitrogens with two attached hydrogens (primary N) is 1. The van der Waals surface area contributed by atoms with E-state index >= 15 is 0 Å². The molecule has 0 spiro atoms. The Morgan fingerprint density at radius 1 is 1.18 bits per heavy atom. The number of rotatable bonds is 5. The Balaban J connectivity index is 1.73. The maximum Gasteiger partial charge on any atom is 0.457 e. The van der Waals surface area contributed by atoms with Crippen molar-refractivity contribution in [3.8, 4) is 17.0 Å². The number of aromatic nitrogens is 1. The first-order valence-electron chi connectivity index (χ1n) is 8.48. The van der Waals surface area contributed by atoms with Crippen LogP contribution in [-0.4, -0.2) is 11.0 Å². The Morgan fingerprint density at radius 3 is 2.64 bits per heavy atom. The van der Waals surface area contributed by atoms with Crippen molar-refractivity contribution in [2.75, 3.05) is 5.32 Å². The number of para-hydroxylation sites is 1. The van der Waals surface area contributed by atoms with Gasteiger partial charge in [-0.15, -0.1) is 5.11 Å². The van der Waals surface area contributed by atoms with Crippen molar-refractivity contribution in [3.63, 3.8) is 0 Å². The van der Waals surface area contributed by atoms with Crippen LogP contribution in [0.1, 0.15) is 11.1 Å². The van der Waals surface area contributed by atoms with E-state index < -0.39 is 6.03 Å². The molecule has 0 bridgehead atoms. The van der Waals surface area contributed by atoms with Crippen LogP contribution >= 0.6 is 11.6 Å². The molecular formula is C20H19ClN5O2+. The topological polar surface area (TPSA) is 104 Å². The summed E-state index contributed by atoms with van der Waals surface area (Å²) in [6.45, 7) is 2.24. The molecule has 0 fully saturated rings. The minimum atomic E-state index is -0.545. The Hall–Kier alpha value is -3.45. The average Bonchev–Trinajstić information content (AvgIpc) is 2.68. The summed E-state index contributed by atoms with van der Waals surface area (Å²) in [6, 6.07) is 18.3. The summed E-state index contributed by atoms with van der Waals surface area (Å²) in [5.74, 6) is 5.54. The third-order valence-corrected chi connectivity index (χ3v) is 4.18. The van der Waals surface area contributed by atoms with E-state index in [1.54, 1.807) is 12.1 Å². The molecule has 142 valence electrons. The number of benzene rings is 2. The van der Waals surface area contributed by atoms with Crippen molar-refractivity contribution < 1.29 is 14.6 Å². The molecule has 8 heteroatoms. The molecular weight excluding hydrogens is 378 g/mol.